The number of hydrogen-bond donors (Lipinski definition) is 1. The van der Waals surface area contributed by atoms with Crippen LogP contribution >= 0.6 is 11.3 Å². The SMILES string of the molecule is CCc1cc(NCCc2cscn2)nc(C)n1. The van der Waals surface area contributed by atoms with Gasteiger partial charge in [-0.1, -0.05) is 6.92 Å². The van der Waals surface area contributed by atoms with E-state index in [2.05, 4.69) is 32.6 Å². The average Bonchev–Trinajstić information content (AvgIpc) is 2.81. The van der Waals surface area contributed by atoms with Crippen molar-refractivity contribution in [3.8, 4) is 0 Å². The molecular weight excluding hydrogens is 232 g/mol. The van der Waals surface area contributed by atoms with E-state index in [9.17, 15) is 0 Å². The third-order valence-corrected chi connectivity index (χ3v) is 3.06. The summed E-state index contributed by atoms with van der Waals surface area (Å²) < 4.78 is 0. The summed E-state index contributed by atoms with van der Waals surface area (Å²) in [6.07, 6.45) is 1.86. The molecule has 0 aliphatic heterocycles. The molecule has 2 heterocycles. The smallest absolute Gasteiger partial charge is 0.129 e. The molecule has 0 bridgehead atoms. The lowest BCUT2D eigenvalue weighted by Gasteiger charge is -2.06. The third-order valence-electron chi connectivity index (χ3n) is 2.42. The maximum atomic E-state index is 4.36. The molecule has 0 aromatic carbocycles. The second-order valence-electron chi connectivity index (χ2n) is 3.80. The van der Waals surface area contributed by atoms with Gasteiger partial charge >= 0.3 is 0 Å². The van der Waals surface area contributed by atoms with Crippen molar-refractivity contribution in [3.63, 3.8) is 0 Å². The largest absolute Gasteiger partial charge is 0.370 e. The molecule has 4 nitrogen and oxygen atoms in total. The summed E-state index contributed by atoms with van der Waals surface area (Å²) in [5, 5.41) is 5.39. The third kappa shape index (κ3) is 3.49. The molecule has 0 amide bonds. The molecule has 0 fully saturated rings. The zero-order chi connectivity index (χ0) is 12.1. The summed E-state index contributed by atoms with van der Waals surface area (Å²) in [4.78, 5) is 13.0. The van der Waals surface area contributed by atoms with Crippen molar-refractivity contribution in [2.45, 2.75) is 26.7 Å². The van der Waals surface area contributed by atoms with Gasteiger partial charge in [0.1, 0.15) is 11.6 Å². The lowest BCUT2D eigenvalue weighted by Crippen LogP contribution is -2.08. The molecule has 17 heavy (non-hydrogen) atoms. The zero-order valence-electron chi connectivity index (χ0n) is 10.1. The van der Waals surface area contributed by atoms with Crippen molar-refractivity contribution in [2.75, 3.05) is 11.9 Å². The molecule has 90 valence electrons. The number of anilines is 1. The molecule has 2 aromatic heterocycles. The fourth-order valence-electron chi connectivity index (χ4n) is 1.58. The van der Waals surface area contributed by atoms with Crippen LogP contribution in [0.25, 0.3) is 0 Å². The first-order chi connectivity index (χ1) is 8.28. The minimum atomic E-state index is 0.820. The fourth-order valence-corrected chi connectivity index (χ4v) is 2.17. The quantitative estimate of drug-likeness (QED) is 0.883. The van der Waals surface area contributed by atoms with Gasteiger partial charge in [-0.15, -0.1) is 11.3 Å². The number of aromatic nitrogens is 3. The number of hydrogen-bond acceptors (Lipinski definition) is 5. The Hall–Kier alpha value is -1.49. The van der Waals surface area contributed by atoms with Gasteiger partial charge in [-0.25, -0.2) is 15.0 Å². The van der Waals surface area contributed by atoms with Crippen molar-refractivity contribution in [1.29, 1.82) is 0 Å². The topological polar surface area (TPSA) is 50.7 Å². The Morgan fingerprint density at radius 3 is 2.88 bits per heavy atom. The summed E-state index contributed by atoms with van der Waals surface area (Å²) in [6.45, 7) is 4.87. The maximum absolute atomic E-state index is 4.36. The van der Waals surface area contributed by atoms with Gasteiger partial charge in [0, 0.05) is 30.1 Å². The van der Waals surface area contributed by atoms with Gasteiger partial charge < -0.3 is 5.32 Å². The van der Waals surface area contributed by atoms with E-state index in [0.29, 0.717) is 0 Å². The summed E-state index contributed by atoms with van der Waals surface area (Å²) in [6, 6.07) is 2.01. The van der Waals surface area contributed by atoms with Crippen molar-refractivity contribution < 1.29 is 0 Å². The lowest BCUT2D eigenvalue weighted by atomic mass is 10.3. The highest BCUT2D eigenvalue weighted by atomic mass is 32.1. The van der Waals surface area contributed by atoms with Crippen molar-refractivity contribution in [1.82, 2.24) is 15.0 Å². The Balaban J connectivity index is 1.92. The predicted octanol–water partition coefficient (Wildman–Crippen LogP) is 2.46. The number of nitrogens with one attached hydrogen (secondary N) is 1. The van der Waals surface area contributed by atoms with E-state index in [-0.39, 0.29) is 0 Å². The van der Waals surface area contributed by atoms with E-state index in [4.69, 9.17) is 0 Å². The van der Waals surface area contributed by atoms with Gasteiger partial charge in [0.15, 0.2) is 0 Å². The van der Waals surface area contributed by atoms with Crippen molar-refractivity contribution in [2.24, 2.45) is 0 Å². The molecule has 0 saturated heterocycles. The molecule has 0 unspecified atom stereocenters. The van der Waals surface area contributed by atoms with Crippen molar-refractivity contribution in [3.05, 3.63) is 34.2 Å². The zero-order valence-corrected chi connectivity index (χ0v) is 10.9. The molecule has 1 N–H and O–H groups in total. The van der Waals surface area contributed by atoms with Crippen LogP contribution in [0.5, 0.6) is 0 Å². The molecule has 0 aliphatic rings. The van der Waals surface area contributed by atoms with Gasteiger partial charge in [-0.2, -0.15) is 0 Å². The van der Waals surface area contributed by atoms with Crippen molar-refractivity contribution >= 4 is 17.2 Å². The fraction of sp³-hybridized carbons (Fsp3) is 0.417. The number of rotatable bonds is 5. The number of thiazole rings is 1. The molecule has 0 saturated carbocycles. The Bertz CT molecular complexity index is 467. The summed E-state index contributed by atoms with van der Waals surface area (Å²) in [5.41, 5.74) is 4.07. The molecule has 0 spiro atoms. The first-order valence-electron chi connectivity index (χ1n) is 5.73. The van der Waals surface area contributed by atoms with E-state index in [1.807, 2.05) is 18.5 Å². The molecule has 5 heteroatoms. The molecule has 2 aromatic rings. The second kappa shape index (κ2) is 5.72. The molecule has 0 atom stereocenters. The van der Waals surface area contributed by atoms with E-state index in [0.717, 1.165) is 42.4 Å². The highest BCUT2D eigenvalue weighted by Crippen LogP contribution is 2.08. The number of aryl methyl sites for hydroxylation is 2. The van der Waals surface area contributed by atoms with E-state index < -0.39 is 0 Å². The van der Waals surface area contributed by atoms with Crippen LogP contribution in [0.1, 0.15) is 24.1 Å². The van der Waals surface area contributed by atoms with E-state index in [1.165, 1.54) is 0 Å². The Morgan fingerprint density at radius 2 is 2.18 bits per heavy atom. The van der Waals surface area contributed by atoms with Crippen LogP contribution in [0, 0.1) is 6.92 Å². The normalized spacial score (nSPS) is 10.5. The highest BCUT2D eigenvalue weighted by Gasteiger charge is 2.00. The highest BCUT2D eigenvalue weighted by molar-refractivity contribution is 7.07. The molecular formula is C12H16N4S. The van der Waals surface area contributed by atoms with E-state index in [1.54, 1.807) is 11.3 Å². The van der Waals surface area contributed by atoms with Crippen LogP contribution < -0.4 is 5.32 Å². The van der Waals surface area contributed by atoms with E-state index >= 15 is 0 Å². The lowest BCUT2D eigenvalue weighted by molar-refractivity contribution is 0.924. The van der Waals surface area contributed by atoms with Crippen LogP contribution in [0.4, 0.5) is 5.82 Å². The first-order valence-corrected chi connectivity index (χ1v) is 6.67. The van der Waals surface area contributed by atoms with Gasteiger partial charge in [0.2, 0.25) is 0 Å². The summed E-state index contributed by atoms with van der Waals surface area (Å²) in [7, 11) is 0. The maximum Gasteiger partial charge on any atom is 0.129 e. The van der Waals surface area contributed by atoms with Crippen LogP contribution in [0.15, 0.2) is 17.0 Å². The van der Waals surface area contributed by atoms with Gasteiger partial charge in [0.05, 0.1) is 11.2 Å². The van der Waals surface area contributed by atoms with Crippen LogP contribution in [0.3, 0.4) is 0 Å². The van der Waals surface area contributed by atoms with Crippen LogP contribution in [-0.2, 0) is 12.8 Å². The second-order valence-corrected chi connectivity index (χ2v) is 4.52. The Morgan fingerprint density at radius 1 is 1.29 bits per heavy atom. The van der Waals surface area contributed by atoms with Gasteiger partial charge in [-0.3, -0.25) is 0 Å². The molecule has 0 aliphatic carbocycles. The predicted molar refractivity (Wildman–Crippen MR) is 70.5 cm³/mol. The molecule has 0 radical (unpaired) electrons. The standard InChI is InChI=1S/C12H16N4S/c1-3-10-6-12(16-9(2)15-10)13-5-4-11-7-17-8-14-11/h6-8H,3-5H2,1-2H3,(H,13,15,16). The summed E-state index contributed by atoms with van der Waals surface area (Å²) >= 11 is 1.63. The monoisotopic (exact) mass is 248 g/mol. The first kappa shape index (κ1) is 12.0. The minimum absolute atomic E-state index is 0.820. The van der Waals surface area contributed by atoms with Crippen LogP contribution in [-0.4, -0.2) is 21.5 Å². The Kier molecular flexibility index (Phi) is 4.03. The van der Waals surface area contributed by atoms with Crippen LogP contribution in [0.2, 0.25) is 0 Å². The molecule has 2 rings (SSSR count). The Labute approximate surface area is 105 Å². The number of nitrogens with zero attached hydrogens (tertiary/aromatic N) is 3. The van der Waals surface area contributed by atoms with Gasteiger partial charge in [-0.05, 0) is 13.3 Å². The minimum Gasteiger partial charge on any atom is -0.370 e. The average molecular weight is 248 g/mol. The summed E-state index contributed by atoms with van der Waals surface area (Å²) in [5.74, 6) is 1.73. The van der Waals surface area contributed by atoms with Gasteiger partial charge in [0.25, 0.3) is 0 Å².